The summed E-state index contributed by atoms with van der Waals surface area (Å²) in [5, 5.41) is 2.69. The lowest BCUT2D eigenvalue weighted by Gasteiger charge is -2.07. The maximum absolute atomic E-state index is 11.2. The molecule has 1 aromatic carbocycles. The third-order valence-corrected chi connectivity index (χ3v) is 2.00. The van der Waals surface area contributed by atoms with Gasteiger partial charge in [-0.3, -0.25) is 4.79 Å². The second-order valence-electron chi connectivity index (χ2n) is 2.79. The molecule has 0 saturated carbocycles. The summed E-state index contributed by atoms with van der Waals surface area (Å²) < 4.78 is 0.926. The first kappa shape index (κ1) is 10.2. The van der Waals surface area contributed by atoms with Crippen LogP contribution in [0.25, 0.3) is 0 Å². The number of nitrogens with one attached hydrogen (secondary N) is 1. The fourth-order valence-electron chi connectivity index (χ4n) is 0.822. The molecule has 0 heterocycles. The number of benzene rings is 1. The van der Waals surface area contributed by atoms with E-state index < -0.39 is 6.04 Å². The average Bonchev–Trinajstić information content (AvgIpc) is 2.04. The van der Waals surface area contributed by atoms with Gasteiger partial charge in [0.1, 0.15) is 0 Å². The van der Waals surface area contributed by atoms with Crippen molar-refractivity contribution in [3.63, 3.8) is 0 Å². The van der Waals surface area contributed by atoms with Gasteiger partial charge < -0.3 is 11.1 Å². The van der Waals surface area contributed by atoms with E-state index >= 15 is 0 Å². The third kappa shape index (κ3) is 3.16. The van der Waals surface area contributed by atoms with E-state index in [1.807, 2.05) is 24.3 Å². The summed E-state index contributed by atoms with van der Waals surface area (Å²) >= 11 is 3.31. The van der Waals surface area contributed by atoms with E-state index in [0.29, 0.717) is 0 Å². The molecule has 0 aliphatic rings. The Morgan fingerprint density at radius 2 is 2.31 bits per heavy atom. The Balaban J connectivity index is 2.69. The Bertz CT molecular complexity index is 312. The molecule has 1 rings (SSSR count). The van der Waals surface area contributed by atoms with Gasteiger partial charge in [-0.05, 0) is 25.1 Å². The van der Waals surface area contributed by atoms with Gasteiger partial charge in [-0.1, -0.05) is 22.0 Å². The normalized spacial score (nSPS) is 12.2. The molecule has 1 amide bonds. The van der Waals surface area contributed by atoms with Gasteiger partial charge in [-0.25, -0.2) is 0 Å². The van der Waals surface area contributed by atoms with Crippen LogP contribution < -0.4 is 11.1 Å². The summed E-state index contributed by atoms with van der Waals surface area (Å²) in [5.74, 6) is -0.182. The van der Waals surface area contributed by atoms with Gasteiger partial charge in [0.25, 0.3) is 0 Å². The summed E-state index contributed by atoms with van der Waals surface area (Å²) in [6, 6.07) is 6.88. The van der Waals surface area contributed by atoms with Crippen LogP contribution in [0.5, 0.6) is 0 Å². The summed E-state index contributed by atoms with van der Waals surface area (Å²) in [5.41, 5.74) is 6.14. The van der Waals surface area contributed by atoms with Crippen LogP contribution in [-0.4, -0.2) is 11.9 Å². The van der Waals surface area contributed by atoms with E-state index in [9.17, 15) is 4.79 Å². The van der Waals surface area contributed by atoms with Crippen molar-refractivity contribution in [3.8, 4) is 0 Å². The number of amides is 1. The molecular weight excluding hydrogens is 232 g/mol. The quantitative estimate of drug-likeness (QED) is 0.831. The molecule has 70 valence electrons. The van der Waals surface area contributed by atoms with Gasteiger partial charge in [0.2, 0.25) is 5.91 Å². The molecule has 13 heavy (non-hydrogen) atoms. The Labute approximate surface area is 85.4 Å². The minimum absolute atomic E-state index is 0.182. The SMILES string of the molecule is CC(N)C(=O)Nc1cccc(Br)c1. The number of hydrogen-bond acceptors (Lipinski definition) is 2. The molecule has 1 unspecified atom stereocenters. The van der Waals surface area contributed by atoms with Crippen molar-refractivity contribution in [1.29, 1.82) is 0 Å². The molecule has 0 fully saturated rings. The van der Waals surface area contributed by atoms with Crippen molar-refractivity contribution in [2.24, 2.45) is 5.73 Å². The zero-order valence-electron chi connectivity index (χ0n) is 7.25. The molecule has 0 aliphatic carbocycles. The smallest absolute Gasteiger partial charge is 0.240 e. The Morgan fingerprint density at radius 1 is 1.62 bits per heavy atom. The lowest BCUT2D eigenvalue weighted by atomic mass is 10.3. The van der Waals surface area contributed by atoms with E-state index in [4.69, 9.17) is 5.73 Å². The minimum Gasteiger partial charge on any atom is -0.325 e. The van der Waals surface area contributed by atoms with Crippen molar-refractivity contribution < 1.29 is 4.79 Å². The Morgan fingerprint density at radius 3 is 2.85 bits per heavy atom. The van der Waals surface area contributed by atoms with E-state index in [1.54, 1.807) is 6.92 Å². The fourth-order valence-corrected chi connectivity index (χ4v) is 1.22. The summed E-state index contributed by atoms with van der Waals surface area (Å²) in [4.78, 5) is 11.2. The molecule has 4 heteroatoms. The molecule has 1 atom stereocenters. The lowest BCUT2D eigenvalue weighted by molar-refractivity contribution is -0.117. The second kappa shape index (κ2) is 4.39. The van der Waals surface area contributed by atoms with Crippen LogP contribution in [0.4, 0.5) is 5.69 Å². The number of rotatable bonds is 2. The zero-order valence-corrected chi connectivity index (χ0v) is 8.84. The standard InChI is InChI=1S/C9H11BrN2O/c1-6(11)9(13)12-8-4-2-3-7(10)5-8/h2-6H,11H2,1H3,(H,12,13). The van der Waals surface area contributed by atoms with Crippen molar-refractivity contribution in [2.75, 3.05) is 5.32 Å². The van der Waals surface area contributed by atoms with Crippen molar-refractivity contribution in [1.82, 2.24) is 0 Å². The first-order valence-electron chi connectivity index (χ1n) is 3.91. The number of carbonyl (C=O) groups excluding carboxylic acids is 1. The first-order valence-corrected chi connectivity index (χ1v) is 4.71. The van der Waals surface area contributed by atoms with Crippen LogP contribution in [-0.2, 0) is 4.79 Å². The van der Waals surface area contributed by atoms with Crippen LogP contribution >= 0.6 is 15.9 Å². The highest BCUT2D eigenvalue weighted by atomic mass is 79.9. The van der Waals surface area contributed by atoms with Gasteiger partial charge in [-0.2, -0.15) is 0 Å². The molecule has 0 aliphatic heterocycles. The molecule has 0 radical (unpaired) electrons. The Kier molecular flexibility index (Phi) is 3.45. The van der Waals surface area contributed by atoms with Crippen LogP contribution in [0.1, 0.15) is 6.92 Å². The molecule has 0 bridgehead atoms. The number of halogens is 1. The van der Waals surface area contributed by atoms with Gasteiger partial charge >= 0.3 is 0 Å². The monoisotopic (exact) mass is 242 g/mol. The van der Waals surface area contributed by atoms with Gasteiger partial charge in [0, 0.05) is 10.2 Å². The topological polar surface area (TPSA) is 55.1 Å². The number of hydrogen-bond donors (Lipinski definition) is 2. The minimum atomic E-state index is -0.487. The van der Waals surface area contributed by atoms with Crippen LogP contribution in [0, 0.1) is 0 Å². The molecule has 0 spiro atoms. The van der Waals surface area contributed by atoms with Crippen LogP contribution in [0.15, 0.2) is 28.7 Å². The molecule has 0 aromatic heterocycles. The summed E-state index contributed by atoms with van der Waals surface area (Å²) in [6.07, 6.45) is 0. The maximum Gasteiger partial charge on any atom is 0.240 e. The number of carbonyl (C=O) groups is 1. The van der Waals surface area contributed by atoms with Gasteiger partial charge in [0.05, 0.1) is 6.04 Å². The van der Waals surface area contributed by atoms with Crippen molar-refractivity contribution in [2.45, 2.75) is 13.0 Å². The van der Waals surface area contributed by atoms with E-state index in [0.717, 1.165) is 10.2 Å². The van der Waals surface area contributed by atoms with Crippen LogP contribution in [0.2, 0.25) is 0 Å². The maximum atomic E-state index is 11.2. The zero-order chi connectivity index (χ0) is 9.84. The van der Waals surface area contributed by atoms with E-state index in [-0.39, 0.29) is 5.91 Å². The number of anilines is 1. The third-order valence-electron chi connectivity index (χ3n) is 1.51. The Hall–Kier alpha value is -0.870. The van der Waals surface area contributed by atoms with Gasteiger partial charge in [0.15, 0.2) is 0 Å². The molecule has 3 nitrogen and oxygen atoms in total. The highest BCUT2D eigenvalue weighted by molar-refractivity contribution is 9.10. The molecule has 3 N–H and O–H groups in total. The lowest BCUT2D eigenvalue weighted by Crippen LogP contribution is -2.32. The predicted octanol–water partition coefficient (Wildman–Crippen LogP) is 1.73. The van der Waals surface area contributed by atoms with Gasteiger partial charge in [-0.15, -0.1) is 0 Å². The second-order valence-corrected chi connectivity index (χ2v) is 3.70. The average molecular weight is 243 g/mol. The van der Waals surface area contributed by atoms with Crippen LogP contribution in [0.3, 0.4) is 0 Å². The highest BCUT2D eigenvalue weighted by Gasteiger charge is 2.06. The molecule has 0 saturated heterocycles. The summed E-state index contributed by atoms with van der Waals surface area (Å²) in [7, 11) is 0. The predicted molar refractivity (Wildman–Crippen MR) is 56.4 cm³/mol. The van der Waals surface area contributed by atoms with E-state index in [1.165, 1.54) is 0 Å². The molecular formula is C9H11BrN2O. The molecule has 1 aromatic rings. The number of nitrogens with two attached hydrogens (primary N) is 1. The summed E-state index contributed by atoms with van der Waals surface area (Å²) in [6.45, 7) is 1.65. The largest absolute Gasteiger partial charge is 0.325 e. The van der Waals surface area contributed by atoms with Crippen molar-refractivity contribution >= 4 is 27.5 Å². The first-order chi connectivity index (χ1) is 6.09. The van der Waals surface area contributed by atoms with Crippen molar-refractivity contribution in [3.05, 3.63) is 28.7 Å². The van der Waals surface area contributed by atoms with E-state index in [2.05, 4.69) is 21.2 Å². The highest BCUT2D eigenvalue weighted by Crippen LogP contribution is 2.15. The fraction of sp³-hybridized carbons (Fsp3) is 0.222.